The summed E-state index contributed by atoms with van der Waals surface area (Å²) in [5.41, 5.74) is 2.12. The molecule has 0 aromatic heterocycles. The van der Waals surface area contributed by atoms with Crippen molar-refractivity contribution in [3.63, 3.8) is 0 Å². The Kier molecular flexibility index (Phi) is 5.98. The van der Waals surface area contributed by atoms with Crippen LogP contribution < -0.4 is 4.74 Å². The first-order valence-electron chi connectivity index (χ1n) is 5.19. The lowest BCUT2D eigenvalue weighted by atomic mass is 10.1. The van der Waals surface area contributed by atoms with E-state index in [0.29, 0.717) is 12.5 Å². The number of halogens is 1. The van der Waals surface area contributed by atoms with Crippen molar-refractivity contribution in [1.29, 1.82) is 0 Å². The Morgan fingerprint density at radius 2 is 2.00 bits per heavy atom. The van der Waals surface area contributed by atoms with Gasteiger partial charge in [-0.15, -0.1) is 11.6 Å². The average molecular weight is 241 g/mol. The lowest BCUT2D eigenvalue weighted by Crippen LogP contribution is -2.01. The molecular weight excluding hydrogens is 224 g/mol. The van der Waals surface area contributed by atoms with Crippen molar-refractivity contribution >= 4 is 11.6 Å². The molecule has 0 fully saturated rings. The van der Waals surface area contributed by atoms with Gasteiger partial charge in [0.15, 0.2) is 0 Å². The van der Waals surface area contributed by atoms with Crippen LogP contribution in [-0.4, -0.2) is 26.2 Å². The van der Waals surface area contributed by atoms with Crippen molar-refractivity contribution in [1.82, 2.24) is 0 Å². The van der Waals surface area contributed by atoms with Gasteiger partial charge in [0, 0.05) is 13.0 Å². The number of ether oxygens (including phenoxy) is 2. The first-order valence-corrected chi connectivity index (χ1v) is 5.73. The molecule has 0 heterocycles. The van der Waals surface area contributed by atoms with E-state index in [-0.39, 0.29) is 0 Å². The lowest BCUT2D eigenvalue weighted by molar-refractivity contribution is 0.202. The molecule has 2 nitrogen and oxygen atoms in total. The van der Waals surface area contributed by atoms with Crippen LogP contribution in [0.3, 0.4) is 0 Å². The second kappa shape index (κ2) is 7.31. The highest BCUT2D eigenvalue weighted by molar-refractivity contribution is 6.19. The van der Waals surface area contributed by atoms with Gasteiger partial charge in [-0.2, -0.15) is 0 Å². The lowest BCUT2D eigenvalue weighted by Gasteiger charge is -2.07. The topological polar surface area (TPSA) is 18.5 Å². The Hall–Kier alpha value is -0.990. The van der Waals surface area contributed by atoms with Crippen LogP contribution in [0.2, 0.25) is 0 Å². The molecule has 0 amide bonds. The highest BCUT2D eigenvalue weighted by Gasteiger charge is 1.97. The molecule has 1 aromatic carbocycles. The summed E-state index contributed by atoms with van der Waals surface area (Å²) >= 11 is 5.61. The van der Waals surface area contributed by atoms with Gasteiger partial charge in [-0.3, -0.25) is 0 Å². The van der Waals surface area contributed by atoms with E-state index in [1.54, 1.807) is 7.11 Å². The highest BCUT2D eigenvalue weighted by atomic mass is 35.5. The Bertz CT molecular complexity index is 319. The summed E-state index contributed by atoms with van der Waals surface area (Å²) in [5, 5.41) is 0. The second-order valence-electron chi connectivity index (χ2n) is 3.56. The minimum absolute atomic E-state index is 0.436. The van der Waals surface area contributed by atoms with E-state index >= 15 is 0 Å². The maximum Gasteiger partial charge on any atom is 0.119 e. The van der Waals surface area contributed by atoms with E-state index in [9.17, 15) is 0 Å². The van der Waals surface area contributed by atoms with Gasteiger partial charge in [-0.1, -0.05) is 18.7 Å². The van der Waals surface area contributed by atoms with Gasteiger partial charge >= 0.3 is 0 Å². The maximum absolute atomic E-state index is 5.61. The van der Waals surface area contributed by atoms with E-state index in [2.05, 4.69) is 6.58 Å². The first-order chi connectivity index (χ1) is 7.76. The van der Waals surface area contributed by atoms with Crippen LogP contribution in [0.4, 0.5) is 0 Å². The zero-order valence-electron chi connectivity index (χ0n) is 9.54. The molecule has 0 aliphatic rings. The van der Waals surface area contributed by atoms with Crippen LogP contribution >= 0.6 is 11.6 Å². The minimum atomic E-state index is 0.436. The molecule has 3 heteroatoms. The number of benzene rings is 1. The maximum atomic E-state index is 5.61. The molecule has 0 radical (unpaired) electrons. The van der Waals surface area contributed by atoms with Gasteiger partial charge < -0.3 is 9.47 Å². The van der Waals surface area contributed by atoms with E-state index in [0.717, 1.165) is 24.4 Å². The molecule has 16 heavy (non-hydrogen) atoms. The summed E-state index contributed by atoms with van der Waals surface area (Å²) in [6.45, 7) is 4.99. The van der Waals surface area contributed by atoms with Crippen molar-refractivity contribution in [2.24, 2.45) is 0 Å². The molecule has 0 unspecified atom stereocenters. The summed E-state index contributed by atoms with van der Waals surface area (Å²) in [5.74, 6) is 1.28. The minimum Gasteiger partial charge on any atom is -0.489 e. The molecule has 0 atom stereocenters. The van der Waals surface area contributed by atoms with E-state index in [4.69, 9.17) is 21.1 Å². The molecule has 1 rings (SSSR count). The Balaban J connectivity index is 2.41. The third kappa shape index (κ3) is 4.69. The van der Waals surface area contributed by atoms with Gasteiger partial charge in [0.1, 0.15) is 12.4 Å². The fraction of sp³-hybridized carbons (Fsp3) is 0.385. The molecular formula is C13H17ClO2. The van der Waals surface area contributed by atoms with Crippen molar-refractivity contribution in [3.05, 3.63) is 42.0 Å². The third-order valence-electron chi connectivity index (χ3n) is 2.15. The average Bonchev–Trinajstić information content (AvgIpc) is 2.34. The molecule has 0 bridgehead atoms. The summed E-state index contributed by atoms with van der Waals surface area (Å²) in [7, 11) is 1.70. The van der Waals surface area contributed by atoms with E-state index < -0.39 is 0 Å². The Morgan fingerprint density at radius 1 is 1.31 bits per heavy atom. The molecule has 0 aliphatic heterocycles. The summed E-state index contributed by atoms with van der Waals surface area (Å²) in [4.78, 5) is 0. The fourth-order valence-electron chi connectivity index (χ4n) is 1.20. The molecule has 1 aromatic rings. The zero-order chi connectivity index (χ0) is 11.8. The van der Waals surface area contributed by atoms with Crippen molar-refractivity contribution in [2.45, 2.75) is 6.42 Å². The van der Waals surface area contributed by atoms with Crippen molar-refractivity contribution in [2.75, 3.05) is 26.2 Å². The smallest absolute Gasteiger partial charge is 0.119 e. The molecule has 0 aliphatic carbocycles. The van der Waals surface area contributed by atoms with Gasteiger partial charge in [0.05, 0.1) is 6.61 Å². The standard InChI is InChI=1S/C13H17ClO2/c1-11(9-14)10-16-13-5-3-12(4-6-13)7-8-15-2/h3-6H,1,7-10H2,2H3. The summed E-state index contributed by atoms with van der Waals surface area (Å²) < 4.78 is 10.5. The van der Waals surface area contributed by atoms with Crippen LogP contribution in [0.15, 0.2) is 36.4 Å². The molecule has 0 N–H and O–H groups in total. The molecule has 0 spiro atoms. The van der Waals surface area contributed by atoms with Crippen LogP contribution in [0.1, 0.15) is 5.56 Å². The van der Waals surface area contributed by atoms with Crippen LogP contribution in [0.5, 0.6) is 5.75 Å². The molecule has 0 saturated carbocycles. The SMILES string of the molecule is C=C(CCl)COc1ccc(CCOC)cc1. The van der Waals surface area contributed by atoms with E-state index in [1.165, 1.54) is 5.56 Å². The molecule has 0 saturated heterocycles. The zero-order valence-corrected chi connectivity index (χ0v) is 10.3. The molecule has 88 valence electrons. The predicted octanol–water partition coefficient (Wildman–Crippen LogP) is 3.05. The Labute approximate surface area is 102 Å². The second-order valence-corrected chi connectivity index (χ2v) is 3.83. The fourth-order valence-corrected chi connectivity index (χ4v) is 1.27. The third-order valence-corrected chi connectivity index (χ3v) is 2.53. The highest BCUT2D eigenvalue weighted by Crippen LogP contribution is 2.13. The van der Waals surface area contributed by atoms with Crippen LogP contribution in [0.25, 0.3) is 0 Å². The number of hydrogen-bond donors (Lipinski definition) is 0. The predicted molar refractivity (Wildman–Crippen MR) is 67.4 cm³/mol. The van der Waals surface area contributed by atoms with Gasteiger partial charge in [0.25, 0.3) is 0 Å². The van der Waals surface area contributed by atoms with Crippen molar-refractivity contribution in [3.8, 4) is 5.75 Å². The number of alkyl halides is 1. The summed E-state index contributed by atoms with van der Waals surface area (Å²) in [6, 6.07) is 7.98. The number of rotatable bonds is 7. The first kappa shape index (κ1) is 13.1. The number of methoxy groups -OCH3 is 1. The quantitative estimate of drug-likeness (QED) is 0.539. The van der Waals surface area contributed by atoms with Gasteiger partial charge in [-0.05, 0) is 29.7 Å². The van der Waals surface area contributed by atoms with Crippen LogP contribution in [-0.2, 0) is 11.2 Å². The Morgan fingerprint density at radius 3 is 2.56 bits per heavy atom. The summed E-state index contributed by atoms with van der Waals surface area (Å²) in [6.07, 6.45) is 0.922. The van der Waals surface area contributed by atoms with E-state index in [1.807, 2.05) is 24.3 Å². The normalized spacial score (nSPS) is 10.1. The van der Waals surface area contributed by atoms with Gasteiger partial charge in [0.2, 0.25) is 0 Å². The van der Waals surface area contributed by atoms with Gasteiger partial charge in [-0.25, -0.2) is 0 Å². The van der Waals surface area contributed by atoms with Crippen LogP contribution in [0, 0.1) is 0 Å². The van der Waals surface area contributed by atoms with Crippen molar-refractivity contribution < 1.29 is 9.47 Å². The monoisotopic (exact) mass is 240 g/mol. The number of hydrogen-bond acceptors (Lipinski definition) is 2. The largest absolute Gasteiger partial charge is 0.489 e.